The summed E-state index contributed by atoms with van der Waals surface area (Å²) in [5.41, 5.74) is 10.0. The molecule has 0 aliphatic carbocycles. The fourth-order valence-electron chi connectivity index (χ4n) is 0.648. The molecule has 0 fully saturated rings. The van der Waals surface area contributed by atoms with Crippen molar-refractivity contribution in [1.29, 1.82) is 0 Å². The predicted octanol–water partition coefficient (Wildman–Crippen LogP) is -1.57. The average Bonchev–Trinajstić information content (AvgIpc) is 2.03. The third-order valence-electron chi connectivity index (χ3n) is 1.30. The van der Waals surface area contributed by atoms with Crippen LogP contribution in [0.2, 0.25) is 0 Å². The van der Waals surface area contributed by atoms with Crippen LogP contribution in [0.1, 0.15) is 12.8 Å². The molecule has 0 heterocycles. The van der Waals surface area contributed by atoms with Gasteiger partial charge in [-0.05, 0) is 12.8 Å². The van der Waals surface area contributed by atoms with Gasteiger partial charge in [0.15, 0.2) is 0 Å². The van der Waals surface area contributed by atoms with E-state index in [1.807, 2.05) is 0 Å². The Balaban J connectivity index is 3.19. The van der Waals surface area contributed by atoms with Crippen molar-refractivity contribution in [3.05, 3.63) is 0 Å². The molecule has 5 N–H and O–H groups in total. The number of amides is 1. The van der Waals surface area contributed by atoms with Gasteiger partial charge in [-0.3, -0.25) is 15.0 Å². The van der Waals surface area contributed by atoms with Crippen molar-refractivity contribution in [3.8, 4) is 0 Å². The number of aliphatic carboxylic acids is 1. The number of carboxylic acids is 1. The molecule has 0 radical (unpaired) electrons. The summed E-state index contributed by atoms with van der Waals surface area (Å²) in [6.07, 6.45) is 1.51. The molecule has 6 nitrogen and oxygen atoms in total. The maximum Gasteiger partial charge on any atom is 0.320 e. The lowest BCUT2D eigenvalue weighted by Crippen LogP contribution is -2.34. The number of carboxylic acid groups (broad SMARTS) is 1. The van der Waals surface area contributed by atoms with Crippen LogP contribution in [0, 0.1) is 0 Å². The molecular weight excluding hydrogens is 162 g/mol. The number of nitrogens with one attached hydrogen (secondary N) is 2. The van der Waals surface area contributed by atoms with Gasteiger partial charge in [-0.1, -0.05) is 0 Å². The molecule has 0 rings (SSSR count). The van der Waals surface area contributed by atoms with Gasteiger partial charge in [0.2, 0.25) is 6.41 Å². The van der Waals surface area contributed by atoms with Gasteiger partial charge >= 0.3 is 5.97 Å². The molecule has 0 bridgehead atoms. The molecule has 0 saturated heterocycles. The fourth-order valence-corrected chi connectivity index (χ4v) is 0.648. The topological polar surface area (TPSA) is 104 Å². The van der Waals surface area contributed by atoms with Crippen molar-refractivity contribution < 1.29 is 14.7 Å². The lowest BCUT2D eigenvalue weighted by atomic mass is 10.2. The van der Waals surface area contributed by atoms with E-state index in [0.29, 0.717) is 25.8 Å². The van der Waals surface area contributed by atoms with Crippen molar-refractivity contribution >= 4 is 12.4 Å². The molecule has 0 aromatic heterocycles. The maximum atomic E-state index is 10.2. The molecule has 0 unspecified atom stereocenters. The first kappa shape index (κ1) is 10.9. The maximum absolute atomic E-state index is 10.2. The standard InChI is InChI=1S/C6H13N3O3/c7-5(6(11)12)2-1-3-8-9-4-10/h4-5,8H,1-3,7H2,(H,9,10)(H,11,12)/t5-/m0/s1. The molecule has 1 atom stereocenters. The van der Waals surface area contributed by atoms with Gasteiger partial charge < -0.3 is 10.8 Å². The molecule has 12 heavy (non-hydrogen) atoms. The smallest absolute Gasteiger partial charge is 0.320 e. The van der Waals surface area contributed by atoms with Crippen molar-refractivity contribution in [2.45, 2.75) is 18.9 Å². The Morgan fingerprint density at radius 3 is 2.83 bits per heavy atom. The number of carbonyl (C=O) groups excluding carboxylic acids is 1. The van der Waals surface area contributed by atoms with E-state index in [1.54, 1.807) is 0 Å². The average molecular weight is 175 g/mol. The molecule has 0 aliphatic heterocycles. The van der Waals surface area contributed by atoms with E-state index in [9.17, 15) is 9.59 Å². The summed E-state index contributed by atoms with van der Waals surface area (Å²) in [5, 5.41) is 8.37. The highest BCUT2D eigenvalue weighted by Gasteiger charge is 2.09. The minimum Gasteiger partial charge on any atom is -0.480 e. The first-order chi connectivity index (χ1) is 5.68. The second-order valence-corrected chi connectivity index (χ2v) is 2.28. The summed E-state index contributed by atoms with van der Waals surface area (Å²) in [4.78, 5) is 19.9. The Morgan fingerprint density at radius 1 is 1.67 bits per heavy atom. The van der Waals surface area contributed by atoms with Gasteiger partial charge in [-0.25, -0.2) is 5.43 Å². The van der Waals surface area contributed by atoms with Gasteiger partial charge in [0, 0.05) is 6.54 Å². The van der Waals surface area contributed by atoms with E-state index in [2.05, 4.69) is 10.9 Å². The molecule has 6 heteroatoms. The van der Waals surface area contributed by atoms with E-state index >= 15 is 0 Å². The summed E-state index contributed by atoms with van der Waals surface area (Å²) in [6.45, 7) is 0.514. The van der Waals surface area contributed by atoms with Crippen LogP contribution < -0.4 is 16.6 Å². The Morgan fingerprint density at radius 2 is 2.33 bits per heavy atom. The minimum atomic E-state index is -1.00. The zero-order chi connectivity index (χ0) is 9.40. The van der Waals surface area contributed by atoms with Crippen LogP contribution in [0.3, 0.4) is 0 Å². The highest BCUT2D eigenvalue weighted by atomic mass is 16.4. The predicted molar refractivity (Wildman–Crippen MR) is 42.0 cm³/mol. The van der Waals surface area contributed by atoms with Gasteiger partial charge in [-0.2, -0.15) is 0 Å². The SMILES string of the molecule is N[C@@H](CCCNNC=O)C(=O)O. The van der Waals surface area contributed by atoms with Crippen LogP contribution in [-0.4, -0.2) is 30.1 Å². The van der Waals surface area contributed by atoms with Crippen molar-refractivity contribution in [1.82, 2.24) is 10.9 Å². The molecule has 0 saturated carbocycles. The molecule has 0 aromatic carbocycles. The monoisotopic (exact) mass is 175 g/mol. The Kier molecular flexibility index (Phi) is 5.94. The van der Waals surface area contributed by atoms with Gasteiger partial charge in [0.1, 0.15) is 6.04 Å². The molecule has 1 amide bonds. The molecule has 0 aromatic rings. The molecular formula is C6H13N3O3. The highest BCUT2D eigenvalue weighted by Crippen LogP contribution is 1.92. The summed E-state index contributed by atoms with van der Waals surface area (Å²) in [5.74, 6) is -1.00. The van der Waals surface area contributed by atoms with Crippen LogP contribution >= 0.6 is 0 Å². The second-order valence-electron chi connectivity index (χ2n) is 2.28. The largest absolute Gasteiger partial charge is 0.480 e. The zero-order valence-electron chi connectivity index (χ0n) is 6.62. The molecule has 70 valence electrons. The van der Waals surface area contributed by atoms with Gasteiger partial charge in [-0.15, -0.1) is 0 Å². The number of hydrogen-bond acceptors (Lipinski definition) is 4. The Hall–Kier alpha value is -1.14. The fraction of sp³-hybridized carbons (Fsp3) is 0.667. The van der Waals surface area contributed by atoms with E-state index in [0.717, 1.165) is 0 Å². The number of nitrogens with two attached hydrogens (primary N) is 1. The van der Waals surface area contributed by atoms with Crippen molar-refractivity contribution in [2.75, 3.05) is 6.54 Å². The molecule has 0 aliphatic rings. The van der Waals surface area contributed by atoms with Crippen molar-refractivity contribution in [2.24, 2.45) is 5.73 Å². The quantitative estimate of drug-likeness (QED) is 0.212. The first-order valence-electron chi connectivity index (χ1n) is 3.59. The van der Waals surface area contributed by atoms with E-state index < -0.39 is 12.0 Å². The highest BCUT2D eigenvalue weighted by molar-refractivity contribution is 5.72. The zero-order valence-corrected chi connectivity index (χ0v) is 6.62. The number of carbonyl (C=O) groups is 2. The lowest BCUT2D eigenvalue weighted by molar-refractivity contribution is -0.138. The normalized spacial score (nSPS) is 12.1. The van der Waals surface area contributed by atoms with Gasteiger partial charge in [0.25, 0.3) is 0 Å². The van der Waals surface area contributed by atoms with E-state index in [4.69, 9.17) is 10.8 Å². The third-order valence-corrected chi connectivity index (χ3v) is 1.30. The van der Waals surface area contributed by atoms with Crippen LogP contribution in [0.25, 0.3) is 0 Å². The number of hydrogen-bond donors (Lipinski definition) is 4. The Bertz CT molecular complexity index is 151. The van der Waals surface area contributed by atoms with Crippen LogP contribution in [0.5, 0.6) is 0 Å². The Labute approximate surface area is 70.1 Å². The van der Waals surface area contributed by atoms with Gasteiger partial charge in [0.05, 0.1) is 0 Å². The van der Waals surface area contributed by atoms with E-state index in [1.165, 1.54) is 0 Å². The molecule has 0 spiro atoms. The summed E-state index contributed by atoms with van der Waals surface area (Å²) in [7, 11) is 0. The first-order valence-corrected chi connectivity index (χ1v) is 3.59. The summed E-state index contributed by atoms with van der Waals surface area (Å²) >= 11 is 0. The summed E-state index contributed by atoms with van der Waals surface area (Å²) < 4.78 is 0. The van der Waals surface area contributed by atoms with Crippen molar-refractivity contribution in [3.63, 3.8) is 0 Å². The third kappa shape index (κ3) is 5.63. The number of hydrazine groups is 1. The van der Waals surface area contributed by atoms with Crippen LogP contribution in [0.4, 0.5) is 0 Å². The minimum absolute atomic E-state index is 0.392. The summed E-state index contributed by atoms with van der Waals surface area (Å²) in [6, 6.07) is -0.817. The van der Waals surface area contributed by atoms with E-state index in [-0.39, 0.29) is 0 Å². The van der Waals surface area contributed by atoms with Crippen LogP contribution in [-0.2, 0) is 9.59 Å². The lowest BCUT2D eigenvalue weighted by Gasteiger charge is -2.05. The number of rotatable bonds is 7. The second kappa shape index (κ2) is 6.56. The van der Waals surface area contributed by atoms with Crippen LogP contribution in [0.15, 0.2) is 0 Å².